The van der Waals surface area contributed by atoms with Crippen LogP contribution in [0.4, 0.5) is 0 Å². The van der Waals surface area contributed by atoms with E-state index in [1.807, 2.05) is 67.9 Å². The fraction of sp³-hybridized carbons (Fsp3) is 0.320. The number of carbonyl (C=O) groups excluding carboxylic acids is 2. The number of hydrogen-bond acceptors (Lipinski definition) is 4. The van der Waals surface area contributed by atoms with Gasteiger partial charge in [-0.3, -0.25) is 20.4 Å². The molecule has 2 aromatic carbocycles. The van der Waals surface area contributed by atoms with Crippen LogP contribution in [0.2, 0.25) is 0 Å². The molecule has 3 aromatic rings. The van der Waals surface area contributed by atoms with Crippen LogP contribution in [0.25, 0.3) is 5.69 Å². The van der Waals surface area contributed by atoms with Gasteiger partial charge in [0, 0.05) is 11.3 Å². The van der Waals surface area contributed by atoms with Gasteiger partial charge in [0.25, 0.3) is 11.8 Å². The van der Waals surface area contributed by atoms with Crippen molar-refractivity contribution in [3.63, 3.8) is 0 Å². The fourth-order valence-electron chi connectivity index (χ4n) is 3.89. The number of hydrogen-bond donors (Lipinski definition) is 2. The minimum Gasteiger partial charge on any atom is -0.481 e. The van der Waals surface area contributed by atoms with Crippen molar-refractivity contribution >= 4 is 11.8 Å². The molecule has 7 heteroatoms. The molecule has 7 nitrogen and oxygen atoms in total. The molecule has 1 aromatic heterocycles. The quantitative estimate of drug-likeness (QED) is 0.604. The van der Waals surface area contributed by atoms with E-state index >= 15 is 0 Å². The molecule has 1 unspecified atom stereocenters. The number of nitrogens with one attached hydrogen (secondary N) is 2. The monoisotopic (exact) mass is 432 g/mol. The standard InChI is InChI=1S/C25H28N4O3/c1-15-11-13-19(14-12-15)29-21-9-6-8-20(21)23(28-29)25(31)27-26-24(30)18(4)32-22-10-5-7-16(2)17(22)3/h5,7,10-14,18H,6,8-9H2,1-4H3,(H,26,30)(H,27,31). The van der Waals surface area contributed by atoms with Crippen molar-refractivity contribution < 1.29 is 14.3 Å². The number of ether oxygens (including phenoxy) is 1. The van der Waals surface area contributed by atoms with Crippen LogP contribution >= 0.6 is 0 Å². The Bertz CT molecular complexity index is 1160. The maximum atomic E-state index is 12.8. The second-order valence-electron chi connectivity index (χ2n) is 8.28. The van der Waals surface area contributed by atoms with Gasteiger partial charge in [0.15, 0.2) is 11.8 Å². The largest absolute Gasteiger partial charge is 0.481 e. The molecule has 0 radical (unpaired) electrons. The molecule has 0 aliphatic heterocycles. The Balaban J connectivity index is 1.44. The lowest BCUT2D eigenvalue weighted by Crippen LogP contribution is -2.47. The number of fused-ring (bicyclic) bond motifs is 1. The predicted molar refractivity (Wildman–Crippen MR) is 122 cm³/mol. The fourth-order valence-corrected chi connectivity index (χ4v) is 3.89. The highest BCUT2D eigenvalue weighted by molar-refractivity contribution is 5.95. The van der Waals surface area contributed by atoms with Crippen molar-refractivity contribution in [1.29, 1.82) is 0 Å². The van der Waals surface area contributed by atoms with Gasteiger partial charge in [0.2, 0.25) is 0 Å². The smallest absolute Gasteiger partial charge is 0.290 e. The van der Waals surface area contributed by atoms with Crippen molar-refractivity contribution in [2.45, 2.75) is 53.1 Å². The summed E-state index contributed by atoms with van der Waals surface area (Å²) in [6, 6.07) is 13.7. The average molecular weight is 433 g/mol. The van der Waals surface area contributed by atoms with Gasteiger partial charge < -0.3 is 4.74 Å². The Morgan fingerprint density at radius 3 is 2.53 bits per heavy atom. The lowest BCUT2D eigenvalue weighted by atomic mass is 10.1. The van der Waals surface area contributed by atoms with E-state index in [4.69, 9.17) is 4.74 Å². The number of aryl methyl sites for hydroxylation is 2. The molecule has 1 heterocycles. The minimum atomic E-state index is -0.772. The SMILES string of the molecule is Cc1ccc(-n2nc(C(=O)NNC(=O)C(C)Oc3cccc(C)c3C)c3c2CCC3)cc1. The van der Waals surface area contributed by atoms with Gasteiger partial charge in [-0.25, -0.2) is 4.68 Å². The zero-order valence-corrected chi connectivity index (χ0v) is 18.9. The van der Waals surface area contributed by atoms with E-state index in [2.05, 4.69) is 16.0 Å². The Labute approximate surface area is 187 Å². The van der Waals surface area contributed by atoms with Crippen LogP contribution in [-0.4, -0.2) is 27.7 Å². The number of aromatic nitrogens is 2. The summed E-state index contributed by atoms with van der Waals surface area (Å²) in [6.45, 7) is 7.61. The topological polar surface area (TPSA) is 85.3 Å². The van der Waals surface area contributed by atoms with E-state index in [1.54, 1.807) is 6.92 Å². The van der Waals surface area contributed by atoms with Crippen molar-refractivity contribution in [3.8, 4) is 11.4 Å². The number of carbonyl (C=O) groups is 2. The van der Waals surface area contributed by atoms with Crippen LogP contribution in [-0.2, 0) is 17.6 Å². The third-order valence-corrected chi connectivity index (χ3v) is 5.95. The molecule has 2 N–H and O–H groups in total. The third kappa shape index (κ3) is 4.23. The summed E-state index contributed by atoms with van der Waals surface area (Å²) in [4.78, 5) is 25.3. The van der Waals surface area contributed by atoms with Crippen molar-refractivity contribution in [2.24, 2.45) is 0 Å². The third-order valence-electron chi connectivity index (χ3n) is 5.95. The molecule has 0 fully saturated rings. The molecule has 0 saturated carbocycles. The van der Waals surface area contributed by atoms with Gasteiger partial charge in [-0.05, 0) is 76.3 Å². The summed E-state index contributed by atoms with van der Waals surface area (Å²) >= 11 is 0. The Morgan fingerprint density at radius 2 is 1.78 bits per heavy atom. The summed E-state index contributed by atoms with van der Waals surface area (Å²) in [6.07, 6.45) is 1.87. The van der Waals surface area contributed by atoms with E-state index in [9.17, 15) is 9.59 Å². The van der Waals surface area contributed by atoms with Crippen LogP contribution in [0.3, 0.4) is 0 Å². The second kappa shape index (κ2) is 8.86. The average Bonchev–Trinajstić information content (AvgIpc) is 3.38. The van der Waals surface area contributed by atoms with Gasteiger partial charge in [-0.2, -0.15) is 5.10 Å². The maximum absolute atomic E-state index is 12.8. The molecule has 4 rings (SSSR count). The lowest BCUT2D eigenvalue weighted by Gasteiger charge is -2.17. The summed E-state index contributed by atoms with van der Waals surface area (Å²) in [5.74, 6) is -0.219. The van der Waals surface area contributed by atoms with Crippen LogP contribution in [0.1, 0.15) is 51.8 Å². The van der Waals surface area contributed by atoms with Crippen molar-refractivity contribution in [3.05, 3.63) is 76.1 Å². The van der Waals surface area contributed by atoms with E-state index in [0.717, 1.165) is 52.9 Å². The van der Waals surface area contributed by atoms with Crippen LogP contribution in [0.15, 0.2) is 42.5 Å². The number of rotatable bonds is 5. The normalized spacial score (nSPS) is 13.4. The van der Waals surface area contributed by atoms with Gasteiger partial charge in [-0.1, -0.05) is 29.8 Å². The molecule has 0 spiro atoms. The predicted octanol–water partition coefficient (Wildman–Crippen LogP) is 3.51. The summed E-state index contributed by atoms with van der Waals surface area (Å²) < 4.78 is 7.63. The Hall–Kier alpha value is -3.61. The maximum Gasteiger partial charge on any atom is 0.290 e. The molecule has 32 heavy (non-hydrogen) atoms. The number of nitrogens with zero attached hydrogens (tertiary/aromatic N) is 2. The summed E-state index contributed by atoms with van der Waals surface area (Å²) in [5, 5.41) is 4.57. The molecule has 1 atom stereocenters. The second-order valence-corrected chi connectivity index (χ2v) is 8.28. The zero-order chi connectivity index (χ0) is 22.8. The molecule has 0 bridgehead atoms. The van der Waals surface area contributed by atoms with Gasteiger partial charge in [-0.15, -0.1) is 0 Å². The molecule has 0 saturated heterocycles. The van der Waals surface area contributed by atoms with Crippen molar-refractivity contribution in [1.82, 2.24) is 20.6 Å². The highest BCUT2D eigenvalue weighted by Crippen LogP contribution is 2.28. The lowest BCUT2D eigenvalue weighted by molar-refractivity contribution is -0.128. The van der Waals surface area contributed by atoms with E-state index in [0.29, 0.717) is 11.4 Å². The van der Waals surface area contributed by atoms with Crippen LogP contribution in [0.5, 0.6) is 5.75 Å². The first-order valence-electron chi connectivity index (χ1n) is 10.9. The van der Waals surface area contributed by atoms with Gasteiger partial charge in [0.05, 0.1) is 5.69 Å². The Morgan fingerprint density at radius 1 is 1.03 bits per heavy atom. The zero-order valence-electron chi connectivity index (χ0n) is 18.9. The first-order chi connectivity index (χ1) is 15.3. The van der Waals surface area contributed by atoms with E-state index < -0.39 is 17.9 Å². The highest BCUT2D eigenvalue weighted by atomic mass is 16.5. The molecule has 1 aliphatic rings. The van der Waals surface area contributed by atoms with Crippen molar-refractivity contribution in [2.75, 3.05) is 0 Å². The van der Waals surface area contributed by atoms with Crippen LogP contribution < -0.4 is 15.6 Å². The first-order valence-corrected chi connectivity index (χ1v) is 10.9. The first kappa shape index (κ1) is 21.6. The van der Waals surface area contributed by atoms with Gasteiger partial charge in [0.1, 0.15) is 5.75 Å². The van der Waals surface area contributed by atoms with Crippen LogP contribution in [0, 0.1) is 20.8 Å². The van der Waals surface area contributed by atoms with E-state index in [1.165, 1.54) is 0 Å². The molecular weight excluding hydrogens is 404 g/mol. The van der Waals surface area contributed by atoms with Gasteiger partial charge >= 0.3 is 0 Å². The Kier molecular flexibility index (Phi) is 5.99. The minimum absolute atomic E-state index is 0.349. The highest BCUT2D eigenvalue weighted by Gasteiger charge is 2.27. The molecule has 2 amide bonds. The number of hydrazine groups is 1. The number of benzene rings is 2. The number of amides is 2. The summed E-state index contributed by atoms with van der Waals surface area (Å²) in [7, 11) is 0. The molecule has 1 aliphatic carbocycles. The summed E-state index contributed by atoms with van der Waals surface area (Å²) in [5.41, 5.74) is 11.5. The van der Waals surface area contributed by atoms with E-state index in [-0.39, 0.29) is 0 Å². The molecule has 166 valence electrons. The molecular formula is C25H28N4O3.